The van der Waals surface area contributed by atoms with E-state index in [-0.39, 0.29) is 6.10 Å². The van der Waals surface area contributed by atoms with E-state index in [9.17, 15) is 5.11 Å². The highest BCUT2D eigenvalue weighted by Crippen LogP contribution is 2.24. The van der Waals surface area contributed by atoms with E-state index in [1.54, 1.807) is 0 Å². The van der Waals surface area contributed by atoms with Crippen molar-refractivity contribution in [3.63, 3.8) is 0 Å². The molecule has 1 saturated heterocycles. The second-order valence-electron chi connectivity index (χ2n) is 4.07. The van der Waals surface area contributed by atoms with Crippen LogP contribution in [0.4, 0.5) is 0 Å². The van der Waals surface area contributed by atoms with Crippen molar-refractivity contribution in [2.45, 2.75) is 38.4 Å². The average molecular weight is 199 g/mol. The van der Waals surface area contributed by atoms with Gasteiger partial charge in [-0.05, 0) is 13.3 Å². The average Bonchev–Trinajstić information content (AvgIpc) is 2.47. The predicted molar refractivity (Wildman–Crippen MR) is 57.3 cm³/mol. The molecule has 1 heterocycles. The summed E-state index contributed by atoms with van der Waals surface area (Å²) in [6, 6.07) is 0. The van der Waals surface area contributed by atoms with Crippen molar-refractivity contribution >= 4 is 0 Å². The van der Waals surface area contributed by atoms with E-state index in [2.05, 4.69) is 18.8 Å². The Balaban J connectivity index is 2.26. The molecule has 2 N–H and O–H groups in total. The van der Waals surface area contributed by atoms with E-state index < -0.39 is 5.60 Å². The lowest BCUT2D eigenvalue weighted by atomic mass is 9.96. The molecule has 1 fully saturated rings. The van der Waals surface area contributed by atoms with Gasteiger partial charge in [0.05, 0.1) is 6.10 Å². The van der Waals surface area contributed by atoms with Gasteiger partial charge in [0.25, 0.3) is 0 Å². The molecule has 0 aromatic carbocycles. The van der Waals surface area contributed by atoms with E-state index in [0.29, 0.717) is 13.2 Å². The Morgan fingerprint density at radius 3 is 2.93 bits per heavy atom. The summed E-state index contributed by atoms with van der Waals surface area (Å²) in [5.74, 6) is 0. The van der Waals surface area contributed by atoms with Gasteiger partial charge in [-0.3, -0.25) is 0 Å². The van der Waals surface area contributed by atoms with Crippen LogP contribution in [0.15, 0.2) is 12.2 Å². The van der Waals surface area contributed by atoms with Gasteiger partial charge in [-0.25, -0.2) is 0 Å². The van der Waals surface area contributed by atoms with Crippen LogP contribution in [0.5, 0.6) is 0 Å². The van der Waals surface area contributed by atoms with Gasteiger partial charge >= 0.3 is 0 Å². The standard InChI is InChI=1S/C11H21NO2/c1-4-9(2)7-12-8-11(13)5-6-14-10(11)3/h10,12-13H,2,4-8H2,1,3H3. The molecule has 14 heavy (non-hydrogen) atoms. The second kappa shape index (κ2) is 4.91. The highest BCUT2D eigenvalue weighted by Gasteiger charge is 2.38. The summed E-state index contributed by atoms with van der Waals surface area (Å²) >= 11 is 0. The molecule has 0 spiro atoms. The highest BCUT2D eigenvalue weighted by atomic mass is 16.5. The lowest BCUT2D eigenvalue weighted by Crippen LogP contribution is -2.46. The number of hydrogen-bond acceptors (Lipinski definition) is 3. The van der Waals surface area contributed by atoms with Gasteiger partial charge in [-0.1, -0.05) is 19.1 Å². The fourth-order valence-electron chi connectivity index (χ4n) is 1.58. The van der Waals surface area contributed by atoms with Crippen LogP contribution in [-0.2, 0) is 4.74 Å². The van der Waals surface area contributed by atoms with Gasteiger partial charge in [-0.2, -0.15) is 0 Å². The number of hydrogen-bond donors (Lipinski definition) is 2. The van der Waals surface area contributed by atoms with E-state index in [1.165, 1.54) is 5.57 Å². The molecule has 1 rings (SSSR count). The molecule has 1 aliphatic heterocycles. The normalized spacial score (nSPS) is 32.1. The maximum atomic E-state index is 10.1. The van der Waals surface area contributed by atoms with Crippen molar-refractivity contribution in [3.05, 3.63) is 12.2 Å². The van der Waals surface area contributed by atoms with Crippen LogP contribution < -0.4 is 5.32 Å². The lowest BCUT2D eigenvalue weighted by Gasteiger charge is -2.26. The topological polar surface area (TPSA) is 41.5 Å². The molecule has 0 aromatic heterocycles. The molecule has 0 saturated carbocycles. The van der Waals surface area contributed by atoms with Crippen LogP contribution in [0, 0.1) is 0 Å². The first-order valence-electron chi connectivity index (χ1n) is 5.30. The van der Waals surface area contributed by atoms with Crippen molar-refractivity contribution in [2.75, 3.05) is 19.7 Å². The van der Waals surface area contributed by atoms with E-state index in [0.717, 1.165) is 19.4 Å². The zero-order valence-electron chi connectivity index (χ0n) is 9.18. The zero-order chi connectivity index (χ0) is 10.6. The second-order valence-corrected chi connectivity index (χ2v) is 4.07. The van der Waals surface area contributed by atoms with Crippen molar-refractivity contribution < 1.29 is 9.84 Å². The van der Waals surface area contributed by atoms with Crippen molar-refractivity contribution in [1.82, 2.24) is 5.32 Å². The molecular formula is C11H21NO2. The van der Waals surface area contributed by atoms with Crippen LogP contribution in [-0.4, -0.2) is 36.5 Å². The Morgan fingerprint density at radius 2 is 2.43 bits per heavy atom. The largest absolute Gasteiger partial charge is 0.386 e. The highest BCUT2D eigenvalue weighted by molar-refractivity contribution is 4.97. The fraction of sp³-hybridized carbons (Fsp3) is 0.818. The smallest absolute Gasteiger partial charge is 0.105 e. The molecule has 82 valence electrons. The first-order chi connectivity index (χ1) is 6.58. The molecule has 2 unspecified atom stereocenters. The number of rotatable bonds is 5. The zero-order valence-corrected chi connectivity index (χ0v) is 9.18. The first kappa shape index (κ1) is 11.7. The van der Waals surface area contributed by atoms with Crippen molar-refractivity contribution in [2.24, 2.45) is 0 Å². The summed E-state index contributed by atoms with van der Waals surface area (Å²) in [7, 11) is 0. The van der Waals surface area contributed by atoms with E-state index >= 15 is 0 Å². The van der Waals surface area contributed by atoms with Crippen LogP contribution in [0.3, 0.4) is 0 Å². The quantitative estimate of drug-likeness (QED) is 0.651. The van der Waals surface area contributed by atoms with E-state index in [4.69, 9.17) is 4.74 Å². The lowest BCUT2D eigenvalue weighted by molar-refractivity contribution is -0.0256. The van der Waals surface area contributed by atoms with Gasteiger partial charge in [0.1, 0.15) is 5.60 Å². The molecule has 0 bridgehead atoms. The minimum atomic E-state index is -0.686. The van der Waals surface area contributed by atoms with Crippen molar-refractivity contribution in [3.8, 4) is 0 Å². The maximum absolute atomic E-state index is 10.1. The Morgan fingerprint density at radius 1 is 1.71 bits per heavy atom. The molecule has 0 amide bonds. The Kier molecular flexibility index (Phi) is 4.11. The molecular weight excluding hydrogens is 178 g/mol. The summed E-state index contributed by atoms with van der Waals surface area (Å²) in [5.41, 5.74) is 0.480. The van der Waals surface area contributed by atoms with Crippen molar-refractivity contribution in [1.29, 1.82) is 0 Å². The van der Waals surface area contributed by atoms with Gasteiger partial charge in [-0.15, -0.1) is 0 Å². The van der Waals surface area contributed by atoms with E-state index in [1.807, 2.05) is 6.92 Å². The molecule has 0 radical (unpaired) electrons. The summed E-state index contributed by atoms with van der Waals surface area (Å²) in [4.78, 5) is 0. The van der Waals surface area contributed by atoms with Gasteiger partial charge in [0.15, 0.2) is 0 Å². The third-order valence-corrected chi connectivity index (χ3v) is 2.97. The monoisotopic (exact) mass is 199 g/mol. The summed E-state index contributed by atoms with van der Waals surface area (Å²) < 4.78 is 5.34. The number of aliphatic hydroxyl groups is 1. The molecule has 0 aliphatic carbocycles. The summed E-state index contributed by atoms with van der Waals surface area (Å²) in [6.45, 7) is 9.94. The predicted octanol–water partition coefficient (Wildman–Crippen LogP) is 1.08. The molecule has 2 atom stereocenters. The Bertz CT molecular complexity index is 205. The van der Waals surface area contributed by atoms with Crippen LogP contribution in [0.1, 0.15) is 26.7 Å². The third kappa shape index (κ3) is 2.80. The van der Waals surface area contributed by atoms with Crippen LogP contribution in [0.25, 0.3) is 0 Å². The molecule has 1 aliphatic rings. The molecule has 3 heteroatoms. The minimum absolute atomic E-state index is 0.0649. The summed E-state index contributed by atoms with van der Waals surface area (Å²) in [5, 5.41) is 13.3. The van der Waals surface area contributed by atoms with Crippen LogP contribution in [0.2, 0.25) is 0 Å². The Labute approximate surface area is 86.2 Å². The van der Waals surface area contributed by atoms with Crippen LogP contribution >= 0.6 is 0 Å². The molecule has 3 nitrogen and oxygen atoms in total. The maximum Gasteiger partial charge on any atom is 0.105 e. The Hall–Kier alpha value is -0.380. The summed E-state index contributed by atoms with van der Waals surface area (Å²) in [6.07, 6.45) is 1.64. The SMILES string of the molecule is C=C(CC)CNCC1(O)CCOC1C. The first-order valence-corrected chi connectivity index (χ1v) is 5.30. The number of ether oxygens (including phenoxy) is 1. The molecule has 0 aromatic rings. The van der Waals surface area contributed by atoms with Gasteiger partial charge < -0.3 is 15.2 Å². The fourth-order valence-corrected chi connectivity index (χ4v) is 1.58. The van der Waals surface area contributed by atoms with Gasteiger partial charge in [0, 0.05) is 26.1 Å². The minimum Gasteiger partial charge on any atom is -0.386 e. The van der Waals surface area contributed by atoms with Gasteiger partial charge in [0.2, 0.25) is 0 Å². The third-order valence-electron chi connectivity index (χ3n) is 2.97. The number of nitrogens with one attached hydrogen (secondary N) is 1.